The molecular weight excluding hydrogens is 260 g/mol. The highest BCUT2D eigenvalue weighted by atomic mass is 32.1. The Morgan fingerprint density at radius 3 is 2.58 bits per heavy atom. The van der Waals surface area contributed by atoms with E-state index in [9.17, 15) is 4.79 Å². The summed E-state index contributed by atoms with van der Waals surface area (Å²) in [5, 5.41) is 0. The van der Waals surface area contributed by atoms with Crippen molar-refractivity contribution in [2.75, 3.05) is 13.7 Å². The number of amides is 1. The fraction of sp³-hybridized carbons (Fsp3) is 0.429. The second kappa shape index (κ2) is 6.52. The van der Waals surface area contributed by atoms with Crippen LogP contribution in [0, 0.1) is 6.92 Å². The maximum absolute atomic E-state index is 12.6. The maximum Gasteiger partial charge on any atom is 0.258 e. The van der Waals surface area contributed by atoms with E-state index in [2.05, 4.69) is 0 Å². The number of nitrogens with zero attached hydrogens (tertiary/aromatic N) is 1. The Hall–Kier alpha value is -1.62. The van der Waals surface area contributed by atoms with E-state index in [4.69, 9.17) is 22.7 Å². The lowest BCUT2D eigenvalue weighted by Crippen LogP contribution is -2.42. The predicted molar refractivity (Wildman–Crippen MR) is 80.7 cm³/mol. The normalized spacial score (nSPS) is 10.4. The molecule has 0 unspecified atom stereocenters. The number of carbonyl (C=O) groups excluding carboxylic acids is 1. The van der Waals surface area contributed by atoms with Crippen molar-refractivity contribution >= 4 is 23.1 Å². The second-order valence-corrected chi connectivity index (χ2v) is 5.22. The Kier molecular flexibility index (Phi) is 5.30. The van der Waals surface area contributed by atoms with Gasteiger partial charge < -0.3 is 15.4 Å². The number of methoxy groups -OCH3 is 1. The highest BCUT2D eigenvalue weighted by molar-refractivity contribution is 7.80. The molecule has 0 saturated carbocycles. The number of ether oxygens (including phenoxy) is 1. The Morgan fingerprint density at radius 1 is 1.47 bits per heavy atom. The zero-order valence-electron chi connectivity index (χ0n) is 11.8. The SMILES string of the molecule is COc1ccc(C)cc1C(=O)N(CC(N)=S)C(C)C. The van der Waals surface area contributed by atoms with E-state index in [1.54, 1.807) is 18.1 Å². The number of rotatable bonds is 5. The van der Waals surface area contributed by atoms with Crippen LogP contribution in [0.5, 0.6) is 5.75 Å². The van der Waals surface area contributed by atoms with Crippen LogP contribution in [0.2, 0.25) is 0 Å². The van der Waals surface area contributed by atoms with E-state index < -0.39 is 0 Å². The summed E-state index contributed by atoms with van der Waals surface area (Å²) in [6, 6.07) is 5.53. The molecule has 1 aromatic rings. The molecule has 4 nitrogen and oxygen atoms in total. The van der Waals surface area contributed by atoms with Crippen LogP contribution in [0.15, 0.2) is 18.2 Å². The summed E-state index contributed by atoms with van der Waals surface area (Å²) in [4.78, 5) is 14.5. The van der Waals surface area contributed by atoms with Crippen molar-refractivity contribution in [3.8, 4) is 5.75 Å². The third-order valence-electron chi connectivity index (χ3n) is 2.80. The summed E-state index contributed by atoms with van der Waals surface area (Å²) >= 11 is 4.90. The monoisotopic (exact) mass is 280 g/mol. The predicted octanol–water partition coefficient (Wildman–Crippen LogP) is 2.14. The molecule has 104 valence electrons. The van der Waals surface area contributed by atoms with E-state index >= 15 is 0 Å². The highest BCUT2D eigenvalue weighted by Crippen LogP contribution is 2.22. The molecule has 19 heavy (non-hydrogen) atoms. The first-order valence-corrected chi connectivity index (χ1v) is 6.51. The van der Waals surface area contributed by atoms with Crippen LogP contribution in [0.3, 0.4) is 0 Å². The summed E-state index contributed by atoms with van der Waals surface area (Å²) < 4.78 is 5.24. The van der Waals surface area contributed by atoms with E-state index in [-0.39, 0.29) is 18.5 Å². The van der Waals surface area contributed by atoms with Gasteiger partial charge in [-0.1, -0.05) is 23.8 Å². The molecule has 1 aromatic carbocycles. The van der Waals surface area contributed by atoms with Crippen LogP contribution in [0.25, 0.3) is 0 Å². The molecule has 0 bridgehead atoms. The topological polar surface area (TPSA) is 55.6 Å². The molecule has 0 fully saturated rings. The minimum atomic E-state index is -0.122. The molecule has 0 atom stereocenters. The van der Waals surface area contributed by atoms with Gasteiger partial charge in [0.2, 0.25) is 0 Å². The largest absolute Gasteiger partial charge is 0.496 e. The van der Waals surface area contributed by atoms with Gasteiger partial charge in [0.1, 0.15) is 5.75 Å². The van der Waals surface area contributed by atoms with Crippen molar-refractivity contribution in [1.29, 1.82) is 0 Å². The van der Waals surface area contributed by atoms with Crippen molar-refractivity contribution in [2.45, 2.75) is 26.8 Å². The van der Waals surface area contributed by atoms with Crippen LogP contribution in [0.1, 0.15) is 29.8 Å². The number of nitrogens with two attached hydrogens (primary N) is 1. The molecule has 0 aromatic heterocycles. The zero-order valence-corrected chi connectivity index (χ0v) is 12.6. The van der Waals surface area contributed by atoms with Crippen molar-refractivity contribution in [1.82, 2.24) is 4.90 Å². The molecule has 1 amide bonds. The molecule has 0 aliphatic carbocycles. The van der Waals surface area contributed by atoms with Crippen LogP contribution < -0.4 is 10.5 Å². The minimum Gasteiger partial charge on any atom is -0.496 e. The number of hydrogen-bond donors (Lipinski definition) is 1. The van der Waals surface area contributed by atoms with Crippen LogP contribution in [-0.2, 0) is 0 Å². The Morgan fingerprint density at radius 2 is 2.11 bits per heavy atom. The molecule has 0 aliphatic heterocycles. The Labute approximate surface area is 119 Å². The quantitative estimate of drug-likeness (QED) is 0.840. The van der Waals surface area contributed by atoms with Crippen molar-refractivity contribution in [3.63, 3.8) is 0 Å². The fourth-order valence-corrected chi connectivity index (χ4v) is 1.94. The molecule has 0 aliphatic rings. The summed E-state index contributed by atoms with van der Waals surface area (Å²) in [7, 11) is 1.55. The number of carbonyl (C=O) groups is 1. The van der Waals surface area contributed by atoms with Gasteiger partial charge in [0.15, 0.2) is 0 Å². The molecule has 0 heterocycles. The second-order valence-electron chi connectivity index (χ2n) is 4.70. The van der Waals surface area contributed by atoms with Gasteiger partial charge in [0.25, 0.3) is 5.91 Å². The van der Waals surface area contributed by atoms with Crippen molar-refractivity contribution < 1.29 is 9.53 Å². The molecule has 2 N–H and O–H groups in total. The third-order valence-corrected chi connectivity index (χ3v) is 2.92. The first kappa shape index (κ1) is 15.4. The molecular formula is C14H20N2O2S. The Balaban J connectivity index is 3.15. The number of aryl methyl sites for hydroxylation is 1. The minimum absolute atomic E-state index is 0.0132. The van der Waals surface area contributed by atoms with E-state index in [0.29, 0.717) is 16.3 Å². The first-order chi connectivity index (χ1) is 8.86. The van der Waals surface area contributed by atoms with Crippen molar-refractivity contribution in [3.05, 3.63) is 29.3 Å². The smallest absolute Gasteiger partial charge is 0.258 e. The van der Waals surface area contributed by atoms with Crippen LogP contribution in [0.4, 0.5) is 0 Å². The van der Waals surface area contributed by atoms with Crippen molar-refractivity contribution in [2.24, 2.45) is 5.73 Å². The molecule has 5 heteroatoms. The first-order valence-electron chi connectivity index (χ1n) is 6.10. The summed E-state index contributed by atoms with van der Waals surface area (Å²) in [6.45, 7) is 6.06. The number of thiocarbonyl (C=S) groups is 1. The van der Waals surface area contributed by atoms with Gasteiger partial charge in [-0.05, 0) is 32.9 Å². The third kappa shape index (κ3) is 3.92. The summed E-state index contributed by atoms with van der Waals surface area (Å²) in [5.74, 6) is 0.438. The van der Waals surface area contributed by atoms with E-state index in [1.807, 2.05) is 32.9 Å². The van der Waals surface area contributed by atoms with E-state index in [1.165, 1.54) is 0 Å². The maximum atomic E-state index is 12.6. The van der Waals surface area contributed by atoms with Crippen LogP contribution in [-0.4, -0.2) is 35.5 Å². The molecule has 0 spiro atoms. The van der Waals surface area contributed by atoms with Crippen LogP contribution >= 0.6 is 12.2 Å². The lowest BCUT2D eigenvalue weighted by Gasteiger charge is -2.27. The zero-order chi connectivity index (χ0) is 14.6. The standard InChI is InChI=1S/C14H20N2O2S/c1-9(2)16(8-13(15)19)14(17)11-7-10(3)5-6-12(11)18-4/h5-7,9H,8H2,1-4H3,(H2,15,19). The van der Waals surface area contributed by atoms with Gasteiger partial charge >= 0.3 is 0 Å². The lowest BCUT2D eigenvalue weighted by atomic mass is 10.1. The molecule has 0 saturated heterocycles. The highest BCUT2D eigenvalue weighted by Gasteiger charge is 2.22. The average Bonchev–Trinajstić information content (AvgIpc) is 2.34. The van der Waals surface area contributed by atoms with E-state index in [0.717, 1.165) is 5.56 Å². The van der Waals surface area contributed by atoms with Gasteiger partial charge in [-0.15, -0.1) is 0 Å². The summed E-state index contributed by atoms with van der Waals surface area (Å²) in [6.07, 6.45) is 0. The lowest BCUT2D eigenvalue weighted by molar-refractivity contribution is 0.0732. The summed E-state index contributed by atoms with van der Waals surface area (Å²) in [5.41, 5.74) is 7.09. The molecule has 0 radical (unpaired) electrons. The van der Waals surface area contributed by atoms with Gasteiger partial charge in [-0.25, -0.2) is 0 Å². The van der Waals surface area contributed by atoms with Gasteiger partial charge in [-0.2, -0.15) is 0 Å². The average molecular weight is 280 g/mol. The number of benzene rings is 1. The molecule has 1 rings (SSSR count). The number of hydrogen-bond acceptors (Lipinski definition) is 3. The van der Waals surface area contributed by atoms with Gasteiger partial charge in [0, 0.05) is 6.04 Å². The van der Waals surface area contributed by atoms with Gasteiger partial charge in [0.05, 0.1) is 24.2 Å². The van der Waals surface area contributed by atoms with Gasteiger partial charge in [-0.3, -0.25) is 4.79 Å². The Bertz CT molecular complexity index is 486. The fourth-order valence-electron chi connectivity index (χ4n) is 1.80.